The van der Waals surface area contributed by atoms with Gasteiger partial charge in [0.05, 0.1) is 6.04 Å². The Labute approximate surface area is 219 Å². The van der Waals surface area contributed by atoms with Crippen molar-refractivity contribution in [2.24, 2.45) is 0 Å². The number of thiophene rings is 1. The summed E-state index contributed by atoms with van der Waals surface area (Å²) in [6, 6.07) is 18.4. The van der Waals surface area contributed by atoms with Crippen LogP contribution in [0.2, 0.25) is 0 Å². The highest BCUT2D eigenvalue weighted by Crippen LogP contribution is 2.38. The fourth-order valence-electron chi connectivity index (χ4n) is 4.98. The summed E-state index contributed by atoms with van der Waals surface area (Å²) >= 11 is 1.77. The second kappa shape index (κ2) is 11.9. The quantitative estimate of drug-likeness (QED) is 0.301. The van der Waals surface area contributed by atoms with Gasteiger partial charge in [-0.3, -0.25) is 9.59 Å². The first-order valence-corrected chi connectivity index (χ1v) is 14.1. The summed E-state index contributed by atoms with van der Waals surface area (Å²) in [6.45, 7) is 8.99. The summed E-state index contributed by atoms with van der Waals surface area (Å²) in [5.41, 5.74) is 5.43. The largest absolute Gasteiger partial charge is 0.330 e. The Hall–Kier alpha value is -2.92. The van der Waals surface area contributed by atoms with Crippen LogP contribution < -0.4 is 0 Å². The van der Waals surface area contributed by atoms with Crippen LogP contribution in [0.5, 0.6) is 0 Å². The van der Waals surface area contributed by atoms with Gasteiger partial charge in [0.2, 0.25) is 5.91 Å². The van der Waals surface area contributed by atoms with Crippen LogP contribution in [0.4, 0.5) is 0 Å². The van der Waals surface area contributed by atoms with Gasteiger partial charge in [-0.1, -0.05) is 61.7 Å². The second-order valence-electron chi connectivity index (χ2n) is 10.1. The monoisotopic (exact) mass is 502 g/mol. The molecule has 0 spiro atoms. The number of benzene rings is 2. The molecule has 1 atom stereocenters. The molecule has 1 aliphatic rings. The number of amides is 2. The van der Waals surface area contributed by atoms with Crippen molar-refractivity contribution in [3.05, 3.63) is 92.7 Å². The minimum atomic E-state index is -0.111. The van der Waals surface area contributed by atoms with Gasteiger partial charge in [-0.15, -0.1) is 11.3 Å². The van der Waals surface area contributed by atoms with Crippen LogP contribution >= 0.6 is 11.3 Å². The average Bonchev–Trinajstić information content (AvgIpc) is 3.36. The molecule has 5 heteroatoms. The van der Waals surface area contributed by atoms with Gasteiger partial charge in [0.25, 0.3) is 5.91 Å². The van der Waals surface area contributed by atoms with Crippen molar-refractivity contribution in [1.82, 2.24) is 9.80 Å². The zero-order chi connectivity index (χ0) is 25.7. The van der Waals surface area contributed by atoms with Gasteiger partial charge < -0.3 is 9.80 Å². The molecule has 0 N–H and O–H groups in total. The van der Waals surface area contributed by atoms with Gasteiger partial charge in [0.1, 0.15) is 6.54 Å². The van der Waals surface area contributed by atoms with Gasteiger partial charge >= 0.3 is 0 Å². The molecule has 1 unspecified atom stereocenters. The van der Waals surface area contributed by atoms with Crippen LogP contribution in [0, 0.1) is 6.92 Å². The van der Waals surface area contributed by atoms with Gasteiger partial charge in [-0.05, 0) is 80.3 Å². The van der Waals surface area contributed by atoms with E-state index in [2.05, 4.69) is 61.7 Å². The molecule has 4 rings (SSSR count). The Morgan fingerprint density at radius 1 is 1.03 bits per heavy atom. The van der Waals surface area contributed by atoms with Crippen LogP contribution in [0.15, 0.2) is 60.0 Å². The van der Waals surface area contributed by atoms with E-state index >= 15 is 0 Å². The van der Waals surface area contributed by atoms with E-state index in [0.717, 1.165) is 18.4 Å². The number of hydrogen-bond donors (Lipinski definition) is 0. The number of unbranched alkanes of at least 4 members (excludes halogenated alkanes) is 2. The van der Waals surface area contributed by atoms with Crippen LogP contribution in [0.3, 0.4) is 0 Å². The maximum Gasteiger partial charge on any atom is 0.254 e. The van der Waals surface area contributed by atoms with Crippen LogP contribution in [0.25, 0.3) is 0 Å². The van der Waals surface area contributed by atoms with E-state index in [1.54, 1.807) is 16.2 Å². The zero-order valence-electron chi connectivity index (χ0n) is 22.0. The summed E-state index contributed by atoms with van der Waals surface area (Å²) in [7, 11) is 0. The maximum absolute atomic E-state index is 13.8. The molecule has 0 radical (unpaired) electrons. The van der Waals surface area contributed by atoms with Crippen molar-refractivity contribution in [2.75, 3.05) is 13.1 Å². The van der Waals surface area contributed by atoms with Crippen molar-refractivity contribution in [3.63, 3.8) is 0 Å². The molecule has 190 valence electrons. The lowest BCUT2D eigenvalue weighted by Crippen LogP contribution is -2.48. The molecule has 36 heavy (non-hydrogen) atoms. The van der Waals surface area contributed by atoms with Crippen LogP contribution in [0.1, 0.15) is 83.6 Å². The smallest absolute Gasteiger partial charge is 0.254 e. The number of hydrogen-bond acceptors (Lipinski definition) is 3. The van der Waals surface area contributed by atoms with E-state index in [9.17, 15) is 9.59 Å². The highest BCUT2D eigenvalue weighted by atomic mass is 32.1. The summed E-state index contributed by atoms with van der Waals surface area (Å²) in [5, 5.41) is 2.12. The minimum Gasteiger partial charge on any atom is -0.330 e. The number of fused-ring (bicyclic) bond motifs is 1. The molecule has 2 heterocycles. The molecule has 0 saturated heterocycles. The van der Waals surface area contributed by atoms with Crippen LogP contribution in [-0.4, -0.2) is 40.7 Å². The van der Waals surface area contributed by atoms with Gasteiger partial charge in [-0.25, -0.2) is 0 Å². The zero-order valence-corrected chi connectivity index (χ0v) is 22.8. The lowest BCUT2D eigenvalue weighted by atomic mass is 9.92. The molecule has 0 aliphatic carbocycles. The highest BCUT2D eigenvalue weighted by Gasteiger charge is 2.34. The van der Waals surface area contributed by atoms with E-state index in [0.29, 0.717) is 12.1 Å². The molecule has 4 nitrogen and oxygen atoms in total. The Morgan fingerprint density at radius 3 is 2.42 bits per heavy atom. The predicted molar refractivity (Wildman–Crippen MR) is 149 cm³/mol. The van der Waals surface area contributed by atoms with Crippen molar-refractivity contribution < 1.29 is 9.59 Å². The first-order valence-electron chi connectivity index (χ1n) is 13.2. The number of rotatable bonds is 9. The van der Waals surface area contributed by atoms with E-state index in [1.165, 1.54) is 40.8 Å². The summed E-state index contributed by atoms with van der Waals surface area (Å²) in [6.07, 6.45) is 5.48. The van der Waals surface area contributed by atoms with Crippen molar-refractivity contribution in [1.29, 1.82) is 0 Å². The lowest BCUT2D eigenvalue weighted by molar-refractivity contribution is -0.134. The minimum absolute atomic E-state index is 0.00402. The van der Waals surface area contributed by atoms with E-state index in [1.807, 2.05) is 30.9 Å². The number of carbonyl (C=O) groups is 2. The van der Waals surface area contributed by atoms with Gasteiger partial charge in [0.15, 0.2) is 0 Å². The fraction of sp³-hybridized carbons (Fsp3) is 0.419. The van der Waals surface area contributed by atoms with Crippen molar-refractivity contribution in [3.8, 4) is 0 Å². The Kier molecular flexibility index (Phi) is 8.63. The molecular formula is C31H38N2O2S. The van der Waals surface area contributed by atoms with E-state index in [-0.39, 0.29) is 30.4 Å². The predicted octanol–water partition coefficient (Wildman–Crippen LogP) is 6.81. The molecule has 0 saturated carbocycles. The molecule has 2 amide bonds. The average molecular weight is 503 g/mol. The lowest BCUT2D eigenvalue weighted by Gasteiger charge is -2.38. The third kappa shape index (κ3) is 5.89. The van der Waals surface area contributed by atoms with Crippen LogP contribution in [-0.2, 0) is 17.6 Å². The molecule has 0 fully saturated rings. The third-order valence-electron chi connectivity index (χ3n) is 7.14. The number of nitrogens with zero attached hydrogens (tertiary/aromatic N) is 2. The molecular weight excluding hydrogens is 464 g/mol. The number of aryl methyl sites for hydroxylation is 2. The van der Waals surface area contributed by atoms with Crippen molar-refractivity contribution in [2.45, 2.75) is 71.9 Å². The molecule has 1 aliphatic heterocycles. The summed E-state index contributed by atoms with van der Waals surface area (Å²) in [5.74, 6) is -0.0887. The van der Waals surface area contributed by atoms with Crippen molar-refractivity contribution >= 4 is 23.2 Å². The van der Waals surface area contributed by atoms with E-state index < -0.39 is 0 Å². The number of carbonyl (C=O) groups excluding carboxylic acids is 2. The Morgan fingerprint density at radius 2 is 1.75 bits per heavy atom. The first-order chi connectivity index (χ1) is 17.4. The van der Waals surface area contributed by atoms with Gasteiger partial charge in [0, 0.05) is 23.0 Å². The fourth-order valence-corrected chi connectivity index (χ4v) is 5.88. The SMILES string of the molecule is CCCCCc1ccc(C(=O)N(CC(=O)N2CCc3sccc3C2c2ccc(C)cc2)C(C)C)cc1. The third-order valence-corrected chi connectivity index (χ3v) is 8.14. The summed E-state index contributed by atoms with van der Waals surface area (Å²) in [4.78, 5) is 32.3. The van der Waals surface area contributed by atoms with E-state index in [4.69, 9.17) is 0 Å². The second-order valence-corrected chi connectivity index (χ2v) is 11.1. The molecule has 2 aromatic carbocycles. The highest BCUT2D eigenvalue weighted by molar-refractivity contribution is 7.10. The Balaban J connectivity index is 1.53. The summed E-state index contributed by atoms with van der Waals surface area (Å²) < 4.78 is 0. The normalized spacial score (nSPS) is 15.1. The Bertz CT molecular complexity index is 1160. The molecule has 3 aromatic rings. The topological polar surface area (TPSA) is 40.6 Å². The molecule has 0 bridgehead atoms. The first kappa shape index (κ1) is 26.2. The standard InChI is InChI=1S/C31H38N2O2S/c1-5-6-7-8-24-11-15-26(16-12-24)31(35)33(22(2)3)21-29(34)32-19-17-28-27(18-20-36-28)30(32)25-13-9-23(4)10-14-25/h9-16,18,20,22,30H,5-8,17,19,21H2,1-4H3. The maximum atomic E-state index is 13.8. The van der Waals surface area contributed by atoms with Gasteiger partial charge in [-0.2, -0.15) is 0 Å². The molecule has 1 aromatic heterocycles.